The molecular formula is C25H42O5. The van der Waals surface area contributed by atoms with E-state index in [0.717, 1.165) is 38.5 Å². The van der Waals surface area contributed by atoms with E-state index < -0.39 is 12.1 Å². The van der Waals surface area contributed by atoms with Gasteiger partial charge >= 0.3 is 5.97 Å². The topological polar surface area (TPSA) is 98.0 Å². The summed E-state index contributed by atoms with van der Waals surface area (Å²) in [6.45, 7) is 9.05. The van der Waals surface area contributed by atoms with Crippen molar-refractivity contribution in [3.05, 3.63) is 0 Å². The first-order valence-electron chi connectivity index (χ1n) is 12.2. The molecule has 0 bridgehead atoms. The molecule has 4 saturated carbocycles. The molecule has 4 N–H and O–H groups in total. The van der Waals surface area contributed by atoms with Crippen LogP contribution in [0.2, 0.25) is 0 Å². The Morgan fingerprint density at radius 1 is 1.03 bits per heavy atom. The zero-order valence-electron chi connectivity index (χ0n) is 19.2. The number of aliphatic hydroxyl groups excluding tert-OH is 3. The van der Waals surface area contributed by atoms with Crippen LogP contribution in [-0.4, -0.2) is 44.7 Å². The van der Waals surface area contributed by atoms with Crippen molar-refractivity contribution in [2.24, 2.45) is 45.8 Å². The van der Waals surface area contributed by atoms with Crippen molar-refractivity contribution >= 4 is 5.97 Å². The van der Waals surface area contributed by atoms with Crippen molar-refractivity contribution in [1.29, 1.82) is 0 Å². The van der Waals surface area contributed by atoms with E-state index in [1.165, 1.54) is 0 Å². The molecular weight excluding hydrogens is 380 g/mol. The van der Waals surface area contributed by atoms with Crippen LogP contribution in [0.15, 0.2) is 0 Å². The van der Waals surface area contributed by atoms with E-state index in [9.17, 15) is 20.1 Å². The lowest BCUT2D eigenvalue weighted by Crippen LogP contribution is -2.67. The Morgan fingerprint density at radius 2 is 1.73 bits per heavy atom. The Kier molecular flexibility index (Phi) is 5.60. The number of hydrogen-bond donors (Lipinski definition) is 4. The number of aliphatic carboxylic acids is 1. The van der Waals surface area contributed by atoms with Gasteiger partial charge in [0.15, 0.2) is 0 Å². The number of carboxylic acids is 1. The van der Waals surface area contributed by atoms with Gasteiger partial charge in [-0.1, -0.05) is 27.7 Å². The molecule has 172 valence electrons. The third kappa shape index (κ3) is 3.02. The summed E-state index contributed by atoms with van der Waals surface area (Å²) >= 11 is 0. The molecule has 5 nitrogen and oxygen atoms in total. The van der Waals surface area contributed by atoms with Gasteiger partial charge < -0.3 is 20.4 Å². The molecule has 0 spiro atoms. The lowest BCUT2D eigenvalue weighted by atomic mass is 9.37. The zero-order chi connectivity index (χ0) is 22.1. The van der Waals surface area contributed by atoms with Gasteiger partial charge in [0.25, 0.3) is 0 Å². The van der Waals surface area contributed by atoms with Gasteiger partial charge in [-0.15, -0.1) is 0 Å². The van der Waals surface area contributed by atoms with Crippen molar-refractivity contribution in [2.75, 3.05) is 0 Å². The average Bonchev–Trinajstić information content (AvgIpc) is 3.00. The Bertz CT molecular complexity index is 680. The monoisotopic (exact) mass is 422 g/mol. The first-order valence-corrected chi connectivity index (χ1v) is 12.2. The van der Waals surface area contributed by atoms with Gasteiger partial charge in [-0.25, -0.2) is 0 Å². The van der Waals surface area contributed by atoms with Crippen LogP contribution in [0.5, 0.6) is 0 Å². The molecule has 0 amide bonds. The summed E-state index contributed by atoms with van der Waals surface area (Å²) in [4.78, 5) is 11.1. The number of aliphatic hydroxyl groups is 3. The highest BCUT2D eigenvalue weighted by Gasteiger charge is 2.70. The molecule has 30 heavy (non-hydrogen) atoms. The van der Waals surface area contributed by atoms with Gasteiger partial charge in [-0.05, 0) is 97.2 Å². The standard InChI is InChI=1S/C25H42O5/c1-14(5-8-21(29)30)17-6-7-18-22-19(27)12-15-11-16(26)9-10-23(15,2)24(22,3)13-20(28)25(17,18)4/h14-20,22,26-28H,5-13H2,1-4H3,(H,29,30)/t14-,15?,16-,17-,18+,19-,20+,22?,23+,24+,25-/m1/s1. The molecule has 4 aliphatic carbocycles. The van der Waals surface area contributed by atoms with Crippen LogP contribution in [0.1, 0.15) is 85.5 Å². The molecule has 0 aromatic rings. The van der Waals surface area contributed by atoms with E-state index in [1.54, 1.807) is 0 Å². The maximum absolute atomic E-state index is 11.6. The Balaban J connectivity index is 1.66. The van der Waals surface area contributed by atoms with Crippen LogP contribution in [0.4, 0.5) is 0 Å². The molecule has 2 unspecified atom stereocenters. The van der Waals surface area contributed by atoms with Crippen molar-refractivity contribution in [2.45, 2.75) is 104 Å². The molecule has 5 heteroatoms. The fraction of sp³-hybridized carbons (Fsp3) is 0.960. The predicted octanol–water partition coefficient (Wildman–Crippen LogP) is 3.84. The second-order valence-electron chi connectivity index (χ2n) is 12.1. The normalized spacial score (nSPS) is 54.0. The van der Waals surface area contributed by atoms with E-state index in [0.29, 0.717) is 24.7 Å². The van der Waals surface area contributed by atoms with Crippen molar-refractivity contribution in [3.8, 4) is 0 Å². The average molecular weight is 423 g/mol. The number of fused-ring (bicyclic) bond motifs is 5. The quantitative estimate of drug-likeness (QED) is 0.552. The summed E-state index contributed by atoms with van der Waals surface area (Å²) < 4.78 is 0. The summed E-state index contributed by atoms with van der Waals surface area (Å²) in [5, 5.41) is 42.5. The van der Waals surface area contributed by atoms with Gasteiger partial charge in [-0.2, -0.15) is 0 Å². The maximum atomic E-state index is 11.6. The SMILES string of the molecule is C[C@H](CCC(=O)O)[C@H]1CC[C@H]2C3[C@H](O)CC4C[C@H](O)CC[C@]4(C)[C@@]3(C)C[C@H](O)[C@]12C. The molecule has 4 aliphatic rings. The fourth-order valence-corrected chi connectivity index (χ4v) is 9.20. The second-order valence-corrected chi connectivity index (χ2v) is 12.1. The third-order valence-corrected chi connectivity index (χ3v) is 11.1. The molecule has 0 saturated heterocycles. The minimum atomic E-state index is -0.750. The van der Waals surface area contributed by atoms with E-state index >= 15 is 0 Å². The fourth-order valence-electron chi connectivity index (χ4n) is 9.20. The van der Waals surface area contributed by atoms with Crippen molar-refractivity contribution in [1.82, 2.24) is 0 Å². The van der Waals surface area contributed by atoms with Crippen LogP contribution < -0.4 is 0 Å². The van der Waals surface area contributed by atoms with Crippen LogP contribution >= 0.6 is 0 Å². The highest BCUT2D eigenvalue weighted by Crippen LogP contribution is 2.73. The Hall–Kier alpha value is -0.650. The van der Waals surface area contributed by atoms with E-state index in [1.807, 2.05) is 0 Å². The summed E-state index contributed by atoms with van der Waals surface area (Å²) in [7, 11) is 0. The molecule has 0 heterocycles. The van der Waals surface area contributed by atoms with Gasteiger partial charge in [0.2, 0.25) is 0 Å². The first kappa shape index (κ1) is 22.5. The molecule has 4 fully saturated rings. The molecule has 11 atom stereocenters. The summed E-state index contributed by atoms with van der Waals surface area (Å²) in [5.41, 5.74) is -0.371. The predicted molar refractivity (Wildman–Crippen MR) is 115 cm³/mol. The van der Waals surface area contributed by atoms with Crippen LogP contribution in [0, 0.1) is 45.8 Å². The first-order chi connectivity index (χ1) is 13.9. The highest BCUT2D eigenvalue weighted by atomic mass is 16.4. The smallest absolute Gasteiger partial charge is 0.303 e. The van der Waals surface area contributed by atoms with Gasteiger partial charge in [0, 0.05) is 6.42 Å². The molecule has 0 aliphatic heterocycles. The van der Waals surface area contributed by atoms with Crippen molar-refractivity contribution in [3.63, 3.8) is 0 Å². The summed E-state index contributed by atoms with van der Waals surface area (Å²) in [6, 6.07) is 0. The van der Waals surface area contributed by atoms with E-state index in [4.69, 9.17) is 5.11 Å². The Morgan fingerprint density at radius 3 is 2.40 bits per heavy atom. The molecule has 0 aromatic carbocycles. The third-order valence-electron chi connectivity index (χ3n) is 11.1. The van der Waals surface area contributed by atoms with Crippen molar-refractivity contribution < 1.29 is 25.2 Å². The number of hydrogen-bond acceptors (Lipinski definition) is 4. The Labute approximate surface area is 181 Å². The number of carboxylic acid groups (broad SMARTS) is 1. The minimum Gasteiger partial charge on any atom is -0.481 e. The van der Waals surface area contributed by atoms with Gasteiger partial charge in [0.1, 0.15) is 0 Å². The second kappa shape index (κ2) is 7.45. The van der Waals surface area contributed by atoms with Crippen LogP contribution in [0.25, 0.3) is 0 Å². The largest absolute Gasteiger partial charge is 0.481 e. The zero-order valence-corrected chi connectivity index (χ0v) is 19.2. The van der Waals surface area contributed by atoms with E-state index in [-0.39, 0.29) is 52.6 Å². The number of carbonyl (C=O) groups is 1. The highest BCUT2D eigenvalue weighted by molar-refractivity contribution is 5.66. The molecule has 4 rings (SSSR count). The van der Waals surface area contributed by atoms with Crippen LogP contribution in [-0.2, 0) is 4.79 Å². The summed E-state index contributed by atoms with van der Waals surface area (Å²) in [6.07, 6.45) is 5.78. The molecule has 0 aromatic heterocycles. The lowest BCUT2D eigenvalue weighted by molar-refractivity contribution is -0.251. The number of rotatable bonds is 4. The van der Waals surface area contributed by atoms with E-state index in [2.05, 4.69) is 27.7 Å². The minimum absolute atomic E-state index is 0.0332. The van der Waals surface area contributed by atoms with Gasteiger partial charge in [-0.3, -0.25) is 4.79 Å². The van der Waals surface area contributed by atoms with Gasteiger partial charge in [0.05, 0.1) is 18.3 Å². The van der Waals surface area contributed by atoms with Crippen LogP contribution in [0.3, 0.4) is 0 Å². The maximum Gasteiger partial charge on any atom is 0.303 e. The lowest BCUT2D eigenvalue weighted by Gasteiger charge is -2.69. The summed E-state index contributed by atoms with van der Waals surface area (Å²) in [5.74, 6) is 0.541. The molecule has 0 radical (unpaired) electrons.